The van der Waals surface area contributed by atoms with E-state index in [0.717, 1.165) is 17.7 Å². The van der Waals surface area contributed by atoms with Gasteiger partial charge in [-0.05, 0) is 11.1 Å². The molecule has 2 heterocycles. The number of hydrogen-bond acceptors (Lipinski definition) is 4. The molecule has 0 spiro atoms. The van der Waals surface area contributed by atoms with Gasteiger partial charge in [0.05, 0.1) is 6.54 Å². The number of hydrogen-bond donors (Lipinski definition) is 0. The molecule has 0 atom stereocenters. The van der Waals surface area contributed by atoms with Crippen LogP contribution in [-0.2, 0) is 23.1 Å². The molecule has 6 nitrogen and oxygen atoms in total. The maximum Gasteiger partial charge on any atom is 0.246 e. The van der Waals surface area contributed by atoms with Gasteiger partial charge in [-0.3, -0.25) is 9.58 Å². The fourth-order valence-electron chi connectivity index (χ4n) is 4.35. The van der Waals surface area contributed by atoms with Crippen LogP contribution in [0.15, 0.2) is 102 Å². The quantitative estimate of drug-likeness (QED) is 0.406. The van der Waals surface area contributed by atoms with Crippen molar-refractivity contribution < 1.29 is 8.42 Å². The molecule has 0 saturated carbocycles. The third-order valence-electron chi connectivity index (χ3n) is 6.16. The molecule has 1 aromatic heterocycles. The molecule has 34 heavy (non-hydrogen) atoms. The molecule has 1 saturated heterocycles. The van der Waals surface area contributed by atoms with E-state index in [1.54, 1.807) is 15.2 Å². The highest BCUT2D eigenvalue weighted by Crippen LogP contribution is 2.29. The van der Waals surface area contributed by atoms with Crippen molar-refractivity contribution in [1.29, 1.82) is 0 Å². The van der Waals surface area contributed by atoms with E-state index in [1.165, 1.54) is 5.56 Å². The van der Waals surface area contributed by atoms with E-state index in [-0.39, 0.29) is 4.90 Å². The molecule has 5 rings (SSSR count). The van der Waals surface area contributed by atoms with Crippen LogP contribution in [0.1, 0.15) is 11.1 Å². The minimum atomic E-state index is -3.69. The third-order valence-corrected chi connectivity index (χ3v) is 8.06. The van der Waals surface area contributed by atoms with Gasteiger partial charge >= 0.3 is 0 Å². The predicted octanol–water partition coefficient (Wildman–Crippen LogP) is 4.10. The Morgan fingerprint density at radius 1 is 0.676 bits per heavy atom. The van der Waals surface area contributed by atoms with Gasteiger partial charge in [0.1, 0.15) is 10.6 Å². The second-order valence-corrected chi connectivity index (χ2v) is 10.5. The van der Waals surface area contributed by atoms with Gasteiger partial charge in [-0.25, -0.2) is 8.42 Å². The summed E-state index contributed by atoms with van der Waals surface area (Å²) in [6.07, 6.45) is 1.68. The molecule has 1 aliphatic heterocycles. The van der Waals surface area contributed by atoms with Crippen molar-refractivity contribution in [2.24, 2.45) is 0 Å². The maximum absolute atomic E-state index is 13.8. The van der Waals surface area contributed by atoms with Crippen LogP contribution in [-0.4, -0.2) is 53.6 Å². The third kappa shape index (κ3) is 4.97. The smallest absolute Gasteiger partial charge is 0.246 e. The first-order chi connectivity index (χ1) is 16.6. The van der Waals surface area contributed by atoms with E-state index in [1.807, 2.05) is 78.9 Å². The Morgan fingerprint density at radius 3 is 1.79 bits per heavy atom. The summed E-state index contributed by atoms with van der Waals surface area (Å²) in [6.45, 7) is 3.68. The number of nitrogens with zero attached hydrogens (tertiary/aromatic N) is 4. The molecular formula is C27H28N4O2S. The molecule has 1 fully saturated rings. The van der Waals surface area contributed by atoms with E-state index >= 15 is 0 Å². The van der Waals surface area contributed by atoms with E-state index in [9.17, 15) is 8.42 Å². The molecule has 3 aromatic carbocycles. The Morgan fingerprint density at radius 2 is 1.21 bits per heavy atom. The zero-order valence-electron chi connectivity index (χ0n) is 19.0. The van der Waals surface area contributed by atoms with Crippen LogP contribution < -0.4 is 0 Å². The highest BCUT2D eigenvalue weighted by Gasteiger charge is 2.32. The lowest BCUT2D eigenvalue weighted by Gasteiger charge is -2.33. The van der Waals surface area contributed by atoms with Crippen LogP contribution in [0.3, 0.4) is 0 Å². The average Bonchev–Trinajstić information content (AvgIpc) is 3.31. The summed E-state index contributed by atoms with van der Waals surface area (Å²) in [5.74, 6) is 0. The number of aromatic nitrogens is 2. The lowest BCUT2D eigenvalue weighted by Crippen LogP contribution is -2.48. The van der Waals surface area contributed by atoms with Gasteiger partial charge in [-0.2, -0.15) is 9.40 Å². The van der Waals surface area contributed by atoms with Gasteiger partial charge in [-0.1, -0.05) is 91.0 Å². The second-order valence-electron chi connectivity index (χ2n) is 8.56. The molecule has 0 N–H and O–H groups in total. The van der Waals surface area contributed by atoms with E-state index in [2.05, 4.69) is 17.0 Å². The Kier molecular flexibility index (Phi) is 6.58. The Balaban J connectivity index is 1.39. The SMILES string of the molecule is O=S(=O)(c1cn(Cc2ccccc2)nc1-c1ccccc1)N1CCN(Cc2ccccc2)CC1. The number of piperazine rings is 1. The van der Waals surface area contributed by atoms with Crippen molar-refractivity contribution in [1.82, 2.24) is 19.0 Å². The second kappa shape index (κ2) is 9.93. The van der Waals surface area contributed by atoms with Crippen molar-refractivity contribution in [2.45, 2.75) is 18.0 Å². The van der Waals surface area contributed by atoms with Gasteiger partial charge in [0.15, 0.2) is 0 Å². The zero-order valence-corrected chi connectivity index (χ0v) is 19.8. The predicted molar refractivity (Wildman–Crippen MR) is 134 cm³/mol. The molecule has 1 aliphatic rings. The Labute approximate surface area is 201 Å². The first-order valence-corrected chi connectivity index (χ1v) is 13.0. The van der Waals surface area contributed by atoms with E-state index < -0.39 is 10.0 Å². The minimum Gasteiger partial charge on any atom is -0.296 e. The molecule has 0 bridgehead atoms. The summed E-state index contributed by atoms with van der Waals surface area (Å²) in [6, 6.07) is 29.8. The van der Waals surface area contributed by atoms with Crippen LogP contribution in [0.2, 0.25) is 0 Å². The van der Waals surface area contributed by atoms with Gasteiger partial charge in [-0.15, -0.1) is 0 Å². The van der Waals surface area contributed by atoms with Crippen molar-refractivity contribution >= 4 is 10.0 Å². The van der Waals surface area contributed by atoms with Crippen LogP contribution >= 0.6 is 0 Å². The van der Waals surface area contributed by atoms with Gasteiger partial charge in [0.2, 0.25) is 10.0 Å². The largest absolute Gasteiger partial charge is 0.296 e. The van der Waals surface area contributed by atoms with E-state index in [0.29, 0.717) is 38.4 Å². The zero-order chi connectivity index (χ0) is 23.4. The topological polar surface area (TPSA) is 58.4 Å². The Hall–Kier alpha value is -3.26. The molecule has 4 aromatic rings. The highest BCUT2D eigenvalue weighted by atomic mass is 32.2. The summed E-state index contributed by atoms with van der Waals surface area (Å²) in [4.78, 5) is 2.57. The molecule has 174 valence electrons. The molecule has 0 radical (unpaired) electrons. The lowest BCUT2D eigenvalue weighted by atomic mass is 10.2. The molecule has 0 unspecified atom stereocenters. The molecule has 7 heteroatoms. The van der Waals surface area contributed by atoms with Crippen molar-refractivity contribution in [3.05, 3.63) is 108 Å². The summed E-state index contributed by atoms with van der Waals surface area (Å²) >= 11 is 0. The van der Waals surface area contributed by atoms with Crippen LogP contribution in [0.4, 0.5) is 0 Å². The average molecular weight is 473 g/mol. The lowest BCUT2D eigenvalue weighted by molar-refractivity contribution is 0.181. The van der Waals surface area contributed by atoms with Gasteiger partial charge in [0.25, 0.3) is 0 Å². The fraction of sp³-hybridized carbons (Fsp3) is 0.222. The number of sulfonamides is 1. The van der Waals surface area contributed by atoms with E-state index in [4.69, 9.17) is 5.10 Å². The Bertz CT molecular complexity index is 1320. The fourth-order valence-corrected chi connectivity index (χ4v) is 5.93. The number of rotatable bonds is 7. The van der Waals surface area contributed by atoms with Crippen molar-refractivity contribution in [2.75, 3.05) is 26.2 Å². The highest BCUT2D eigenvalue weighted by molar-refractivity contribution is 7.89. The van der Waals surface area contributed by atoms with Crippen LogP contribution in [0.25, 0.3) is 11.3 Å². The van der Waals surface area contributed by atoms with Gasteiger partial charge in [0, 0.05) is 44.5 Å². The van der Waals surface area contributed by atoms with Crippen molar-refractivity contribution in [3.63, 3.8) is 0 Å². The summed E-state index contributed by atoms with van der Waals surface area (Å²) in [5.41, 5.74) is 3.62. The summed E-state index contributed by atoms with van der Waals surface area (Å²) in [5, 5.41) is 4.71. The first kappa shape index (κ1) is 22.5. The monoisotopic (exact) mass is 472 g/mol. The molecular weight excluding hydrogens is 444 g/mol. The number of benzene rings is 3. The van der Waals surface area contributed by atoms with Crippen LogP contribution in [0.5, 0.6) is 0 Å². The van der Waals surface area contributed by atoms with Gasteiger partial charge < -0.3 is 0 Å². The normalized spacial score (nSPS) is 15.4. The first-order valence-electron chi connectivity index (χ1n) is 11.5. The minimum absolute atomic E-state index is 0.270. The summed E-state index contributed by atoms with van der Waals surface area (Å²) < 4.78 is 30.9. The van der Waals surface area contributed by atoms with Crippen LogP contribution in [0, 0.1) is 0 Å². The molecule has 0 aliphatic carbocycles. The molecule has 0 amide bonds. The standard InChI is InChI=1S/C27H28N4O2S/c32-34(33,31-18-16-29(17-19-31)20-23-10-4-1-5-11-23)26-22-30(21-24-12-6-2-7-13-24)28-27(26)25-14-8-3-9-15-25/h1-15,22H,16-21H2. The van der Waals surface area contributed by atoms with Crippen molar-refractivity contribution in [3.8, 4) is 11.3 Å². The summed E-state index contributed by atoms with van der Waals surface area (Å²) in [7, 11) is -3.69. The maximum atomic E-state index is 13.8.